The minimum Gasteiger partial charge on any atom is -0.465 e. The lowest BCUT2D eigenvalue weighted by Gasteiger charge is -2.13. The molecule has 1 rings (SSSR count). The van der Waals surface area contributed by atoms with Crippen molar-refractivity contribution in [3.63, 3.8) is 0 Å². The lowest BCUT2D eigenvalue weighted by Crippen LogP contribution is -2.18. The van der Waals surface area contributed by atoms with Gasteiger partial charge < -0.3 is 9.47 Å². The van der Waals surface area contributed by atoms with Gasteiger partial charge in [-0.05, 0) is 0 Å². The minimum absolute atomic E-state index is 0.153. The first-order chi connectivity index (χ1) is 7.59. The largest absolute Gasteiger partial charge is 0.465 e. The van der Waals surface area contributed by atoms with E-state index in [2.05, 4.69) is 10.5 Å². The highest BCUT2D eigenvalue weighted by Gasteiger charge is 2.17. The van der Waals surface area contributed by atoms with E-state index in [1.165, 1.54) is 25.2 Å². The number of esters is 2. The number of thiazole rings is 1. The van der Waals surface area contributed by atoms with Gasteiger partial charge in [0.05, 0.1) is 11.6 Å². The van der Waals surface area contributed by atoms with Gasteiger partial charge in [-0.25, -0.2) is 4.98 Å². The predicted molar refractivity (Wildman–Crippen MR) is 57.0 cm³/mol. The maximum absolute atomic E-state index is 10.7. The van der Waals surface area contributed by atoms with E-state index < -0.39 is 0 Å². The van der Waals surface area contributed by atoms with Crippen molar-refractivity contribution in [2.24, 2.45) is 0 Å². The summed E-state index contributed by atoms with van der Waals surface area (Å²) >= 11 is 1.32. The van der Waals surface area contributed by atoms with Crippen molar-refractivity contribution in [3.05, 3.63) is 16.6 Å². The van der Waals surface area contributed by atoms with Crippen LogP contribution in [0.2, 0.25) is 0 Å². The fourth-order valence-corrected chi connectivity index (χ4v) is 1.61. The molecular formula is C10H12NO4S. The second-order valence-corrected chi connectivity index (χ2v) is 3.82. The van der Waals surface area contributed by atoms with E-state index in [0.717, 1.165) is 0 Å². The highest BCUT2D eigenvalue weighted by molar-refractivity contribution is 7.07. The molecule has 0 fully saturated rings. The summed E-state index contributed by atoms with van der Waals surface area (Å²) in [4.78, 5) is 25.4. The SMILES string of the molecule is CC(=O)OCC(COC(C)=O)c1cs[c]n1. The van der Waals surface area contributed by atoms with Crippen LogP contribution in [0, 0.1) is 5.51 Å². The normalized spacial score (nSPS) is 10.2. The van der Waals surface area contributed by atoms with Crippen molar-refractivity contribution in [3.8, 4) is 0 Å². The molecule has 0 bridgehead atoms. The number of ether oxygens (including phenoxy) is 2. The molecule has 1 aromatic heterocycles. The van der Waals surface area contributed by atoms with Gasteiger partial charge in [-0.15, -0.1) is 11.3 Å². The van der Waals surface area contributed by atoms with Crippen LogP contribution >= 0.6 is 11.3 Å². The van der Waals surface area contributed by atoms with Gasteiger partial charge in [0.2, 0.25) is 0 Å². The molecule has 5 nitrogen and oxygen atoms in total. The molecule has 0 aromatic carbocycles. The van der Waals surface area contributed by atoms with Crippen molar-refractivity contribution in [2.75, 3.05) is 13.2 Å². The first-order valence-electron chi connectivity index (χ1n) is 4.67. The fourth-order valence-electron chi connectivity index (χ4n) is 1.03. The third kappa shape index (κ3) is 4.39. The second-order valence-electron chi connectivity index (χ2n) is 3.17. The predicted octanol–water partition coefficient (Wildman–Crippen LogP) is 1.15. The molecule has 0 aliphatic heterocycles. The van der Waals surface area contributed by atoms with Crippen molar-refractivity contribution >= 4 is 23.3 Å². The number of carbonyl (C=O) groups is 2. The van der Waals surface area contributed by atoms with Gasteiger partial charge >= 0.3 is 11.9 Å². The lowest BCUT2D eigenvalue weighted by atomic mass is 10.1. The van der Waals surface area contributed by atoms with Crippen LogP contribution in [0.4, 0.5) is 0 Å². The first-order valence-corrected chi connectivity index (χ1v) is 5.55. The van der Waals surface area contributed by atoms with Crippen LogP contribution in [-0.2, 0) is 19.1 Å². The van der Waals surface area contributed by atoms with Crippen molar-refractivity contribution in [2.45, 2.75) is 19.8 Å². The Kier molecular flexibility index (Phi) is 4.91. The van der Waals surface area contributed by atoms with Gasteiger partial charge in [-0.1, -0.05) is 0 Å². The van der Waals surface area contributed by atoms with Gasteiger partial charge in [-0.2, -0.15) is 0 Å². The van der Waals surface area contributed by atoms with Gasteiger partial charge in [0, 0.05) is 19.2 Å². The zero-order valence-electron chi connectivity index (χ0n) is 9.06. The zero-order valence-corrected chi connectivity index (χ0v) is 9.87. The van der Waals surface area contributed by atoms with E-state index >= 15 is 0 Å². The maximum Gasteiger partial charge on any atom is 0.302 e. The van der Waals surface area contributed by atoms with Crippen LogP contribution in [0.1, 0.15) is 25.5 Å². The fraction of sp³-hybridized carbons (Fsp3) is 0.500. The van der Waals surface area contributed by atoms with E-state index in [-0.39, 0.29) is 31.1 Å². The first kappa shape index (κ1) is 12.6. The summed E-state index contributed by atoms with van der Waals surface area (Å²) in [5.41, 5.74) is 3.41. The number of hydrogen-bond acceptors (Lipinski definition) is 6. The van der Waals surface area contributed by atoms with Gasteiger partial charge in [0.1, 0.15) is 13.2 Å². The summed E-state index contributed by atoms with van der Waals surface area (Å²) in [5.74, 6) is -0.964. The summed E-state index contributed by atoms with van der Waals surface area (Å²) in [7, 11) is 0. The number of rotatable bonds is 5. The molecule has 0 spiro atoms. The minimum atomic E-state index is -0.368. The van der Waals surface area contributed by atoms with Crippen LogP contribution in [0.3, 0.4) is 0 Å². The van der Waals surface area contributed by atoms with Crippen molar-refractivity contribution < 1.29 is 19.1 Å². The molecule has 0 amide bonds. The molecule has 0 atom stereocenters. The van der Waals surface area contributed by atoms with Gasteiger partial charge in [0.25, 0.3) is 0 Å². The molecule has 0 aliphatic carbocycles. The molecule has 1 heterocycles. The van der Waals surface area contributed by atoms with Crippen LogP contribution in [0.5, 0.6) is 0 Å². The number of nitrogens with zero attached hydrogens (tertiary/aromatic N) is 1. The molecule has 6 heteroatoms. The highest BCUT2D eigenvalue weighted by atomic mass is 32.1. The molecule has 87 valence electrons. The summed E-state index contributed by atoms with van der Waals surface area (Å²) < 4.78 is 9.76. The Labute approximate surface area is 97.4 Å². The Bertz CT molecular complexity index is 332. The van der Waals surface area contributed by atoms with E-state index in [1.807, 2.05) is 0 Å². The third-order valence-electron chi connectivity index (χ3n) is 1.80. The smallest absolute Gasteiger partial charge is 0.302 e. The lowest BCUT2D eigenvalue weighted by molar-refractivity contribution is -0.144. The number of aromatic nitrogens is 1. The molecule has 0 unspecified atom stereocenters. The van der Waals surface area contributed by atoms with Crippen LogP contribution in [0.15, 0.2) is 5.38 Å². The summed E-state index contributed by atoms with van der Waals surface area (Å²) in [6.45, 7) is 2.96. The average molecular weight is 242 g/mol. The Morgan fingerprint density at radius 2 is 1.94 bits per heavy atom. The van der Waals surface area contributed by atoms with E-state index in [0.29, 0.717) is 5.69 Å². The molecule has 0 aliphatic rings. The quantitative estimate of drug-likeness (QED) is 0.725. The standard InChI is InChI=1S/C10H12NO4S/c1-7(12)14-3-9(4-15-8(2)13)10-5-16-6-11-10/h5,9H,3-4H2,1-2H3. The number of hydrogen-bond donors (Lipinski definition) is 0. The third-order valence-corrected chi connectivity index (χ3v) is 2.36. The van der Waals surface area contributed by atoms with E-state index in [4.69, 9.17) is 9.47 Å². The van der Waals surface area contributed by atoms with E-state index in [1.54, 1.807) is 5.38 Å². The van der Waals surface area contributed by atoms with Crippen LogP contribution < -0.4 is 0 Å². The van der Waals surface area contributed by atoms with Gasteiger partial charge in [0.15, 0.2) is 5.51 Å². The Morgan fingerprint density at radius 1 is 1.38 bits per heavy atom. The molecule has 1 radical (unpaired) electrons. The molecule has 0 N–H and O–H groups in total. The summed E-state index contributed by atoms with van der Waals surface area (Å²) in [6, 6.07) is 0. The Morgan fingerprint density at radius 3 is 2.31 bits per heavy atom. The Balaban J connectivity index is 2.55. The summed E-state index contributed by atoms with van der Waals surface area (Å²) in [5, 5.41) is 1.79. The van der Waals surface area contributed by atoms with Crippen molar-refractivity contribution in [1.29, 1.82) is 0 Å². The molecular weight excluding hydrogens is 230 g/mol. The van der Waals surface area contributed by atoms with Crippen LogP contribution in [0.25, 0.3) is 0 Å². The van der Waals surface area contributed by atoms with Crippen molar-refractivity contribution in [1.82, 2.24) is 4.98 Å². The van der Waals surface area contributed by atoms with Crippen LogP contribution in [-0.4, -0.2) is 30.1 Å². The zero-order chi connectivity index (χ0) is 12.0. The molecule has 1 aromatic rings. The number of carbonyl (C=O) groups excluding carboxylic acids is 2. The molecule has 0 saturated heterocycles. The molecule has 0 saturated carbocycles. The van der Waals surface area contributed by atoms with E-state index in [9.17, 15) is 9.59 Å². The second kappa shape index (κ2) is 6.22. The average Bonchev–Trinajstić information content (AvgIpc) is 2.70. The highest BCUT2D eigenvalue weighted by Crippen LogP contribution is 2.16. The topological polar surface area (TPSA) is 65.5 Å². The maximum atomic E-state index is 10.7. The monoisotopic (exact) mass is 242 g/mol. The van der Waals surface area contributed by atoms with Gasteiger partial charge in [-0.3, -0.25) is 9.59 Å². The molecule has 16 heavy (non-hydrogen) atoms. The summed E-state index contributed by atoms with van der Waals surface area (Å²) in [6.07, 6.45) is 0. The Hall–Kier alpha value is -1.43.